The van der Waals surface area contributed by atoms with E-state index in [-0.39, 0.29) is 18.1 Å². The molecule has 3 heterocycles. The van der Waals surface area contributed by atoms with E-state index in [0.717, 1.165) is 30.4 Å². The summed E-state index contributed by atoms with van der Waals surface area (Å²) in [4.78, 5) is 15.0. The van der Waals surface area contributed by atoms with Crippen molar-refractivity contribution in [3.05, 3.63) is 59.2 Å². The molecule has 0 aliphatic carbocycles. The van der Waals surface area contributed by atoms with Crippen LogP contribution < -0.4 is 9.46 Å². The minimum Gasteiger partial charge on any atom is -0.486 e. The molecule has 1 N–H and O–H groups in total. The zero-order valence-electron chi connectivity index (χ0n) is 21.6. The third kappa shape index (κ3) is 5.20. The maximum atomic E-state index is 13.2. The Kier molecular flexibility index (Phi) is 7.19. The van der Waals surface area contributed by atoms with E-state index in [4.69, 9.17) is 14.2 Å². The van der Waals surface area contributed by atoms with Gasteiger partial charge in [0.2, 0.25) is 0 Å². The van der Waals surface area contributed by atoms with E-state index in [1.807, 2.05) is 32.0 Å². The normalized spacial score (nSPS) is 26.2. The molecule has 10 heteroatoms. The lowest BCUT2D eigenvalue weighted by Crippen LogP contribution is -2.66. The number of hydrogen-bond acceptors (Lipinski definition) is 6. The summed E-state index contributed by atoms with van der Waals surface area (Å²) in [7, 11) is -2.13. The van der Waals surface area contributed by atoms with E-state index in [9.17, 15) is 13.2 Å². The molecule has 2 aromatic carbocycles. The van der Waals surface area contributed by atoms with Crippen LogP contribution in [0.3, 0.4) is 0 Å². The SMILES string of the molecule is CO[C@@H]1CN(C(=O)c2cc(C)ccc2C)C[C@H]1Oc1cccc(NS(=O)(=O)N2CCC23CCCOC3)c1. The Labute approximate surface area is 218 Å². The standard InChI is InChI=1S/C27H35N3O6S/c1-19-8-9-20(2)23(14-19)26(31)29-16-24(34-3)25(17-29)36-22-7-4-6-21(15-22)28-37(32,33)30-12-11-27(30)10-5-13-35-18-27/h4,6-9,14-15,24-25,28H,5,10-13,16-18H2,1-3H3/t24-,25-,27?/m1/s1. The monoisotopic (exact) mass is 529 g/mol. The number of hydrogen-bond donors (Lipinski definition) is 1. The molecule has 3 fully saturated rings. The number of methoxy groups -OCH3 is 1. The molecule has 0 radical (unpaired) electrons. The van der Waals surface area contributed by atoms with Crippen LogP contribution in [0.25, 0.3) is 0 Å². The number of anilines is 1. The molecule has 5 rings (SSSR count). The molecule has 0 bridgehead atoms. The molecule has 3 aliphatic heterocycles. The topological polar surface area (TPSA) is 97.4 Å². The Bertz CT molecular complexity index is 1260. The summed E-state index contributed by atoms with van der Waals surface area (Å²) in [5, 5.41) is 0. The van der Waals surface area contributed by atoms with Crippen molar-refractivity contribution in [3.8, 4) is 5.75 Å². The maximum absolute atomic E-state index is 13.2. The number of nitrogens with zero attached hydrogens (tertiary/aromatic N) is 2. The Balaban J connectivity index is 1.26. The van der Waals surface area contributed by atoms with Gasteiger partial charge in [0.1, 0.15) is 18.0 Å². The van der Waals surface area contributed by atoms with Gasteiger partial charge < -0.3 is 19.1 Å². The van der Waals surface area contributed by atoms with E-state index in [0.29, 0.717) is 49.8 Å². The van der Waals surface area contributed by atoms with Crippen LogP contribution in [-0.4, -0.2) is 81.2 Å². The maximum Gasteiger partial charge on any atom is 0.302 e. The summed E-state index contributed by atoms with van der Waals surface area (Å²) in [6.07, 6.45) is 1.80. The van der Waals surface area contributed by atoms with E-state index in [1.54, 1.807) is 36.3 Å². The number of carbonyl (C=O) groups excluding carboxylic acids is 1. The van der Waals surface area contributed by atoms with Gasteiger partial charge in [-0.2, -0.15) is 12.7 Å². The molecule has 1 amide bonds. The third-order valence-electron chi connectivity index (χ3n) is 7.70. The average molecular weight is 530 g/mol. The first-order valence-corrected chi connectivity index (χ1v) is 14.2. The zero-order chi connectivity index (χ0) is 26.2. The van der Waals surface area contributed by atoms with Crippen LogP contribution in [0.5, 0.6) is 5.75 Å². The fourth-order valence-corrected chi connectivity index (χ4v) is 7.14. The Hall–Kier alpha value is -2.66. The van der Waals surface area contributed by atoms with Gasteiger partial charge in [0.15, 0.2) is 0 Å². The Morgan fingerprint density at radius 1 is 1.11 bits per heavy atom. The largest absolute Gasteiger partial charge is 0.486 e. The predicted octanol–water partition coefficient (Wildman–Crippen LogP) is 3.13. The fraction of sp³-hybridized carbons (Fsp3) is 0.519. The summed E-state index contributed by atoms with van der Waals surface area (Å²) in [5.41, 5.74) is 2.63. The summed E-state index contributed by atoms with van der Waals surface area (Å²) in [5.74, 6) is 0.457. The molecule has 3 atom stereocenters. The van der Waals surface area contributed by atoms with E-state index < -0.39 is 15.7 Å². The molecule has 200 valence electrons. The predicted molar refractivity (Wildman–Crippen MR) is 140 cm³/mol. The number of amides is 1. The van der Waals surface area contributed by atoms with Crippen LogP contribution in [0.4, 0.5) is 5.69 Å². The number of rotatable bonds is 7. The van der Waals surface area contributed by atoms with Crippen LogP contribution in [0.1, 0.15) is 40.7 Å². The van der Waals surface area contributed by atoms with Crippen LogP contribution in [0.15, 0.2) is 42.5 Å². The molecule has 0 aromatic heterocycles. The molecule has 2 aromatic rings. The molecule has 37 heavy (non-hydrogen) atoms. The van der Waals surface area contributed by atoms with Crippen LogP contribution >= 0.6 is 0 Å². The fourth-order valence-electron chi connectivity index (χ4n) is 5.52. The van der Waals surface area contributed by atoms with Crippen molar-refractivity contribution in [1.82, 2.24) is 9.21 Å². The number of carbonyl (C=O) groups is 1. The highest BCUT2D eigenvalue weighted by Gasteiger charge is 2.52. The smallest absolute Gasteiger partial charge is 0.302 e. The number of nitrogens with one attached hydrogen (secondary N) is 1. The lowest BCUT2D eigenvalue weighted by molar-refractivity contribution is -0.0639. The minimum absolute atomic E-state index is 0.0500. The second-order valence-electron chi connectivity index (χ2n) is 10.3. The minimum atomic E-state index is -3.73. The highest BCUT2D eigenvalue weighted by Crippen LogP contribution is 2.40. The third-order valence-corrected chi connectivity index (χ3v) is 9.34. The van der Waals surface area contributed by atoms with E-state index in [1.165, 1.54) is 4.31 Å². The van der Waals surface area contributed by atoms with Gasteiger partial charge in [-0.15, -0.1) is 0 Å². The van der Waals surface area contributed by atoms with Crippen molar-refractivity contribution >= 4 is 21.8 Å². The van der Waals surface area contributed by atoms with Gasteiger partial charge in [0, 0.05) is 31.9 Å². The highest BCUT2D eigenvalue weighted by molar-refractivity contribution is 7.90. The summed E-state index contributed by atoms with van der Waals surface area (Å²) in [6, 6.07) is 12.8. The summed E-state index contributed by atoms with van der Waals surface area (Å²) in [6.45, 7) is 6.29. The Morgan fingerprint density at radius 2 is 1.92 bits per heavy atom. The molecular weight excluding hydrogens is 494 g/mol. The van der Waals surface area contributed by atoms with Gasteiger partial charge in [-0.1, -0.05) is 23.8 Å². The first kappa shape index (κ1) is 26.0. The summed E-state index contributed by atoms with van der Waals surface area (Å²) >= 11 is 0. The van der Waals surface area contributed by atoms with Crippen LogP contribution in [0, 0.1) is 13.8 Å². The average Bonchev–Trinajstić information content (AvgIpc) is 3.27. The van der Waals surface area contributed by atoms with E-state index in [2.05, 4.69) is 4.72 Å². The van der Waals surface area contributed by atoms with Crippen molar-refractivity contribution in [1.29, 1.82) is 0 Å². The van der Waals surface area contributed by atoms with Gasteiger partial charge in [-0.3, -0.25) is 9.52 Å². The Morgan fingerprint density at radius 3 is 2.62 bits per heavy atom. The molecular formula is C27H35N3O6S. The number of aryl methyl sites for hydroxylation is 2. The number of ether oxygens (including phenoxy) is 3. The van der Waals surface area contributed by atoms with Crippen molar-refractivity contribution in [3.63, 3.8) is 0 Å². The van der Waals surface area contributed by atoms with Crippen LogP contribution in [-0.2, 0) is 19.7 Å². The van der Waals surface area contributed by atoms with Crippen molar-refractivity contribution < 1.29 is 27.4 Å². The van der Waals surface area contributed by atoms with Crippen LogP contribution in [0.2, 0.25) is 0 Å². The first-order chi connectivity index (χ1) is 17.7. The molecule has 3 saturated heterocycles. The molecule has 0 saturated carbocycles. The van der Waals surface area contributed by atoms with Crippen molar-refractivity contribution in [2.75, 3.05) is 44.7 Å². The lowest BCUT2D eigenvalue weighted by Gasteiger charge is -2.52. The number of benzene rings is 2. The van der Waals surface area contributed by atoms with Gasteiger partial charge in [0.05, 0.1) is 30.9 Å². The molecule has 3 aliphatic rings. The molecule has 1 spiro atoms. The second-order valence-corrected chi connectivity index (χ2v) is 11.9. The summed E-state index contributed by atoms with van der Waals surface area (Å²) < 4.78 is 48.0. The van der Waals surface area contributed by atoms with E-state index >= 15 is 0 Å². The zero-order valence-corrected chi connectivity index (χ0v) is 22.4. The van der Waals surface area contributed by atoms with Gasteiger partial charge in [-0.25, -0.2) is 0 Å². The van der Waals surface area contributed by atoms with Gasteiger partial charge in [-0.05, 0) is 56.9 Å². The quantitative estimate of drug-likeness (QED) is 0.592. The second kappa shape index (κ2) is 10.2. The lowest BCUT2D eigenvalue weighted by atomic mass is 9.83. The number of likely N-dealkylation sites (tertiary alicyclic amines) is 1. The van der Waals surface area contributed by atoms with Gasteiger partial charge >= 0.3 is 10.2 Å². The van der Waals surface area contributed by atoms with Gasteiger partial charge in [0.25, 0.3) is 5.91 Å². The molecule has 1 unspecified atom stereocenters. The van der Waals surface area contributed by atoms with Crippen molar-refractivity contribution in [2.24, 2.45) is 0 Å². The highest BCUT2D eigenvalue weighted by atomic mass is 32.2. The van der Waals surface area contributed by atoms with Crippen molar-refractivity contribution in [2.45, 2.75) is 50.9 Å². The first-order valence-electron chi connectivity index (χ1n) is 12.8. The molecule has 9 nitrogen and oxygen atoms in total.